The zero-order valence-corrected chi connectivity index (χ0v) is 14.5. The molecule has 2 unspecified atom stereocenters. The molecule has 3 atom stereocenters. The van der Waals surface area contributed by atoms with E-state index >= 15 is 0 Å². The van der Waals surface area contributed by atoms with E-state index in [1.54, 1.807) is 0 Å². The normalized spacial score (nSPS) is 33.5. The number of nitrogens with one attached hydrogen (secondary N) is 1. The minimum Gasteiger partial charge on any atom is -0.494 e. The Morgan fingerprint density at radius 2 is 2.24 bits per heavy atom. The molecule has 5 rings (SSSR count). The fraction of sp³-hybridized carbons (Fsp3) is 0.632. The number of carbonyl (C=O) groups excluding carboxylic acids is 1. The summed E-state index contributed by atoms with van der Waals surface area (Å²) >= 11 is 0. The average molecular weight is 344 g/mol. The van der Waals surface area contributed by atoms with Crippen LogP contribution in [-0.4, -0.2) is 42.0 Å². The standard InChI is InChI=1S/C19H24N2O4/c1-2-23-13-7-8-14-15-11-19(25-16(14)10-13,17-4-3-9-24-17)21(12-5-6-12)18(22)20-15/h7-8,10,12,15,17H,2-6,9,11H2,1H3,(H,20,22)/t15?,17-,19?/m1/s1. The molecule has 6 heteroatoms. The molecule has 134 valence electrons. The Morgan fingerprint density at radius 3 is 2.96 bits per heavy atom. The number of benzene rings is 1. The van der Waals surface area contributed by atoms with Gasteiger partial charge in [-0.15, -0.1) is 0 Å². The van der Waals surface area contributed by atoms with Crippen molar-refractivity contribution in [3.63, 3.8) is 0 Å². The van der Waals surface area contributed by atoms with Crippen LogP contribution in [0, 0.1) is 0 Å². The number of ether oxygens (including phenoxy) is 3. The van der Waals surface area contributed by atoms with E-state index in [0.717, 1.165) is 55.8 Å². The quantitative estimate of drug-likeness (QED) is 0.912. The second kappa shape index (κ2) is 5.53. The lowest BCUT2D eigenvalue weighted by atomic mass is 9.85. The summed E-state index contributed by atoms with van der Waals surface area (Å²) in [5.41, 5.74) is 0.337. The minimum absolute atomic E-state index is 0.0196. The summed E-state index contributed by atoms with van der Waals surface area (Å²) in [4.78, 5) is 14.8. The van der Waals surface area contributed by atoms with E-state index in [4.69, 9.17) is 14.2 Å². The van der Waals surface area contributed by atoms with E-state index in [2.05, 4.69) is 5.32 Å². The third-order valence-corrected chi connectivity index (χ3v) is 5.72. The van der Waals surface area contributed by atoms with Crippen molar-refractivity contribution in [2.45, 2.75) is 62.9 Å². The van der Waals surface area contributed by atoms with Crippen LogP contribution in [0.1, 0.15) is 50.6 Å². The lowest BCUT2D eigenvalue weighted by Crippen LogP contribution is -2.71. The second-order valence-corrected chi connectivity index (χ2v) is 7.39. The van der Waals surface area contributed by atoms with Gasteiger partial charge in [0.2, 0.25) is 5.72 Å². The molecule has 3 heterocycles. The highest BCUT2D eigenvalue weighted by Gasteiger charge is 2.61. The summed E-state index contributed by atoms with van der Waals surface area (Å²) < 4.78 is 18.3. The number of hydrogen-bond donors (Lipinski definition) is 1. The third kappa shape index (κ3) is 2.30. The SMILES string of the molecule is CCOc1ccc2c(c1)OC1([C@H]3CCCO3)CC2NC(=O)N1C1CC1. The van der Waals surface area contributed by atoms with Crippen molar-refractivity contribution < 1.29 is 19.0 Å². The summed E-state index contributed by atoms with van der Waals surface area (Å²) in [5.74, 6) is 1.61. The summed E-state index contributed by atoms with van der Waals surface area (Å²) in [5, 5.41) is 3.19. The van der Waals surface area contributed by atoms with Gasteiger partial charge >= 0.3 is 6.03 Å². The molecular weight excluding hydrogens is 320 g/mol. The molecule has 25 heavy (non-hydrogen) atoms. The van der Waals surface area contributed by atoms with Gasteiger partial charge in [0.1, 0.15) is 17.6 Å². The third-order valence-electron chi connectivity index (χ3n) is 5.72. The summed E-state index contributed by atoms with van der Waals surface area (Å²) in [7, 11) is 0. The Kier molecular flexibility index (Phi) is 3.39. The van der Waals surface area contributed by atoms with Gasteiger partial charge in [0.05, 0.1) is 12.6 Å². The van der Waals surface area contributed by atoms with E-state index in [-0.39, 0.29) is 24.2 Å². The second-order valence-electron chi connectivity index (χ2n) is 7.39. The van der Waals surface area contributed by atoms with E-state index in [0.29, 0.717) is 6.61 Å². The molecule has 2 amide bonds. The Morgan fingerprint density at radius 1 is 1.36 bits per heavy atom. The largest absolute Gasteiger partial charge is 0.494 e. The zero-order chi connectivity index (χ0) is 17.0. The molecule has 6 nitrogen and oxygen atoms in total. The number of urea groups is 1. The average Bonchev–Trinajstić information content (AvgIpc) is 3.25. The smallest absolute Gasteiger partial charge is 0.321 e. The predicted octanol–water partition coefficient (Wildman–Crippen LogP) is 2.97. The highest BCUT2D eigenvalue weighted by molar-refractivity contribution is 5.78. The Hall–Kier alpha value is -1.95. The van der Waals surface area contributed by atoms with Crippen LogP contribution in [0.5, 0.6) is 11.5 Å². The lowest BCUT2D eigenvalue weighted by molar-refractivity contribution is -0.174. The lowest BCUT2D eigenvalue weighted by Gasteiger charge is -2.54. The van der Waals surface area contributed by atoms with E-state index in [1.807, 2.05) is 30.0 Å². The van der Waals surface area contributed by atoms with Crippen LogP contribution in [0.3, 0.4) is 0 Å². The van der Waals surface area contributed by atoms with Gasteiger partial charge in [0.15, 0.2) is 0 Å². The summed E-state index contributed by atoms with van der Waals surface area (Å²) in [6.45, 7) is 3.33. The number of rotatable bonds is 4. The Balaban J connectivity index is 1.59. The first-order valence-electron chi connectivity index (χ1n) is 9.38. The van der Waals surface area contributed by atoms with Crippen molar-refractivity contribution in [2.24, 2.45) is 0 Å². The van der Waals surface area contributed by atoms with Gasteiger partial charge in [-0.3, -0.25) is 4.90 Å². The molecule has 0 aromatic heterocycles. The van der Waals surface area contributed by atoms with Gasteiger partial charge in [0.25, 0.3) is 0 Å². The molecule has 0 spiro atoms. The molecule has 1 N–H and O–H groups in total. The first kappa shape index (κ1) is 15.3. The molecule has 2 bridgehead atoms. The molecule has 1 aromatic carbocycles. The van der Waals surface area contributed by atoms with Crippen LogP contribution in [-0.2, 0) is 4.74 Å². The molecule has 4 aliphatic rings. The molecule has 3 aliphatic heterocycles. The fourth-order valence-corrected chi connectivity index (χ4v) is 4.54. The zero-order valence-electron chi connectivity index (χ0n) is 14.5. The molecule has 1 aromatic rings. The van der Waals surface area contributed by atoms with Crippen LogP contribution in [0.2, 0.25) is 0 Å². The molecule has 2 saturated heterocycles. The summed E-state index contributed by atoms with van der Waals surface area (Å²) in [6.07, 6.45) is 4.71. The van der Waals surface area contributed by atoms with Crippen molar-refractivity contribution in [1.82, 2.24) is 10.2 Å². The molecule has 1 aliphatic carbocycles. The van der Waals surface area contributed by atoms with E-state index in [9.17, 15) is 4.79 Å². The number of hydrogen-bond acceptors (Lipinski definition) is 4. The monoisotopic (exact) mass is 344 g/mol. The highest BCUT2D eigenvalue weighted by Crippen LogP contribution is 2.51. The maximum absolute atomic E-state index is 12.9. The first-order valence-corrected chi connectivity index (χ1v) is 9.38. The number of carbonyl (C=O) groups is 1. The summed E-state index contributed by atoms with van der Waals surface area (Å²) in [6, 6.07) is 6.13. The van der Waals surface area contributed by atoms with E-state index in [1.165, 1.54) is 0 Å². The fourth-order valence-electron chi connectivity index (χ4n) is 4.54. The van der Waals surface area contributed by atoms with Crippen molar-refractivity contribution in [2.75, 3.05) is 13.2 Å². The van der Waals surface area contributed by atoms with Gasteiger partial charge in [-0.25, -0.2) is 4.79 Å². The van der Waals surface area contributed by atoms with Gasteiger partial charge in [0, 0.05) is 30.7 Å². The van der Waals surface area contributed by atoms with Crippen LogP contribution >= 0.6 is 0 Å². The van der Waals surface area contributed by atoms with Crippen molar-refractivity contribution in [1.29, 1.82) is 0 Å². The molecule has 1 saturated carbocycles. The van der Waals surface area contributed by atoms with Gasteiger partial charge < -0.3 is 19.5 Å². The van der Waals surface area contributed by atoms with Crippen LogP contribution < -0.4 is 14.8 Å². The first-order chi connectivity index (χ1) is 12.2. The molecular formula is C19H24N2O4. The van der Waals surface area contributed by atoms with Gasteiger partial charge in [-0.05, 0) is 44.7 Å². The Bertz CT molecular complexity index is 699. The van der Waals surface area contributed by atoms with Crippen LogP contribution in [0.15, 0.2) is 18.2 Å². The van der Waals surface area contributed by atoms with Gasteiger partial charge in [-0.2, -0.15) is 0 Å². The maximum Gasteiger partial charge on any atom is 0.321 e. The molecule has 3 fully saturated rings. The topological polar surface area (TPSA) is 60.0 Å². The van der Waals surface area contributed by atoms with Crippen molar-refractivity contribution >= 4 is 6.03 Å². The van der Waals surface area contributed by atoms with Crippen LogP contribution in [0.25, 0.3) is 0 Å². The number of amides is 2. The predicted molar refractivity (Wildman–Crippen MR) is 90.7 cm³/mol. The van der Waals surface area contributed by atoms with Gasteiger partial charge in [-0.1, -0.05) is 0 Å². The maximum atomic E-state index is 12.9. The van der Waals surface area contributed by atoms with Crippen LogP contribution in [0.4, 0.5) is 4.79 Å². The van der Waals surface area contributed by atoms with Crippen molar-refractivity contribution in [3.05, 3.63) is 23.8 Å². The number of nitrogens with zero attached hydrogens (tertiary/aromatic N) is 1. The van der Waals surface area contributed by atoms with E-state index < -0.39 is 5.72 Å². The number of fused-ring (bicyclic) bond motifs is 4. The highest BCUT2D eigenvalue weighted by atomic mass is 16.6. The molecule has 0 radical (unpaired) electrons. The minimum atomic E-state index is -0.692. The Labute approximate surface area is 147 Å². The van der Waals surface area contributed by atoms with Crippen molar-refractivity contribution in [3.8, 4) is 11.5 Å².